The van der Waals surface area contributed by atoms with Crippen molar-refractivity contribution in [3.8, 4) is 5.75 Å². The van der Waals surface area contributed by atoms with Crippen LogP contribution >= 0.6 is 0 Å². The van der Waals surface area contributed by atoms with Crippen molar-refractivity contribution in [1.82, 2.24) is 5.32 Å². The van der Waals surface area contributed by atoms with Crippen molar-refractivity contribution in [2.24, 2.45) is 5.92 Å². The zero-order valence-electron chi connectivity index (χ0n) is 12.2. The van der Waals surface area contributed by atoms with Crippen molar-refractivity contribution in [1.29, 1.82) is 0 Å². The molecule has 3 nitrogen and oxygen atoms in total. The number of methoxy groups -OCH3 is 1. The topological polar surface area (TPSA) is 30.5 Å². The molecule has 1 aliphatic rings. The van der Waals surface area contributed by atoms with Gasteiger partial charge in [0.25, 0.3) is 0 Å². The van der Waals surface area contributed by atoms with E-state index in [9.17, 15) is 0 Å². The monoisotopic (exact) mass is 263 g/mol. The first-order valence-electron chi connectivity index (χ1n) is 7.17. The molecule has 1 aliphatic heterocycles. The Balaban J connectivity index is 1.75. The number of nitrogens with one attached hydrogen (secondary N) is 1. The SMILES string of the molecule is COc1ccc(C[C@H](C)CN[C@@H]2CCO[C@H]2C)cc1. The maximum Gasteiger partial charge on any atom is 0.118 e. The molecule has 106 valence electrons. The maximum atomic E-state index is 5.57. The third-order valence-electron chi connectivity index (χ3n) is 3.85. The van der Waals surface area contributed by atoms with Gasteiger partial charge in [0.2, 0.25) is 0 Å². The molecule has 0 radical (unpaired) electrons. The fourth-order valence-electron chi connectivity index (χ4n) is 2.59. The molecule has 0 saturated carbocycles. The third kappa shape index (κ3) is 4.22. The van der Waals surface area contributed by atoms with Crippen LogP contribution in [0.3, 0.4) is 0 Å². The summed E-state index contributed by atoms with van der Waals surface area (Å²) in [5.74, 6) is 1.55. The predicted octanol–water partition coefficient (Wildman–Crippen LogP) is 2.64. The minimum Gasteiger partial charge on any atom is -0.497 e. The van der Waals surface area contributed by atoms with Crippen LogP contribution < -0.4 is 10.1 Å². The van der Waals surface area contributed by atoms with Crippen LogP contribution in [-0.4, -0.2) is 32.4 Å². The minimum atomic E-state index is 0.355. The van der Waals surface area contributed by atoms with Gasteiger partial charge in [-0.3, -0.25) is 0 Å². The zero-order valence-corrected chi connectivity index (χ0v) is 12.2. The van der Waals surface area contributed by atoms with Gasteiger partial charge in [-0.25, -0.2) is 0 Å². The molecule has 0 aromatic heterocycles. The third-order valence-corrected chi connectivity index (χ3v) is 3.85. The summed E-state index contributed by atoms with van der Waals surface area (Å²) in [5, 5.41) is 3.62. The van der Waals surface area contributed by atoms with Gasteiger partial charge in [-0.1, -0.05) is 19.1 Å². The molecule has 1 aromatic rings. The van der Waals surface area contributed by atoms with E-state index in [1.807, 2.05) is 12.1 Å². The van der Waals surface area contributed by atoms with E-state index in [0.717, 1.165) is 31.7 Å². The van der Waals surface area contributed by atoms with Crippen LogP contribution in [0.15, 0.2) is 24.3 Å². The Hall–Kier alpha value is -1.06. The summed E-state index contributed by atoms with van der Waals surface area (Å²) in [7, 11) is 1.70. The molecule has 3 heteroatoms. The van der Waals surface area contributed by atoms with Gasteiger partial charge in [-0.2, -0.15) is 0 Å². The van der Waals surface area contributed by atoms with Crippen LogP contribution in [0.2, 0.25) is 0 Å². The van der Waals surface area contributed by atoms with Crippen molar-refractivity contribution < 1.29 is 9.47 Å². The molecule has 1 saturated heterocycles. The molecule has 3 atom stereocenters. The quantitative estimate of drug-likeness (QED) is 0.856. The molecule has 0 aliphatic carbocycles. The van der Waals surface area contributed by atoms with Crippen molar-refractivity contribution in [3.05, 3.63) is 29.8 Å². The summed E-state index contributed by atoms with van der Waals surface area (Å²) < 4.78 is 10.7. The standard InChI is InChI=1S/C16H25NO2/c1-12(11-17-16-8-9-19-13(16)2)10-14-4-6-15(18-3)7-5-14/h4-7,12-13,16-17H,8-11H2,1-3H3/t12-,13-,16+/m0/s1. The maximum absolute atomic E-state index is 5.57. The predicted molar refractivity (Wildman–Crippen MR) is 77.7 cm³/mol. The van der Waals surface area contributed by atoms with Gasteiger partial charge in [0, 0.05) is 12.6 Å². The number of hydrogen-bond donors (Lipinski definition) is 1. The molecule has 1 fully saturated rings. The number of hydrogen-bond acceptors (Lipinski definition) is 3. The van der Waals surface area contributed by atoms with Gasteiger partial charge in [0.1, 0.15) is 5.75 Å². The second kappa shape index (κ2) is 6.92. The van der Waals surface area contributed by atoms with E-state index in [0.29, 0.717) is 18.1 Å². The number of ether oxygens (including phenoxy) is 2. The fourth-order valence-corrected chi connectivity index (χ4v) is 2.59. The van der Waals surface area contributed by atoms with Crippen LogP contribution in [0.5, 0.6) is 5.75 Å². The van der Waals surface area contributed by atoms with Crippen molar-refractivity contribution in [2.75, 3.05) is 20.3 Å². The van der Waals surface area contributed by atoms with Crippen LogP contribution in [0.1, 0.15) is 25.8 Å². The highest BCUT2D eigenvalue weighted by Gasteiger charge is 2.23. The lowest BCUT2D eigenvalue weighted by Crippen LogP contribution is -2.37. The zero-order chi connectivity index (χ0) is 13.7. The van der Waals surface area contributed by atoms with E-state index < -0.39 is 0 Å². The highest BCUT2D eigenvalue weighted by atomic mass is 16.5. The summed E-state index contributed by atoms with van der Waals surface area (Å²) in [6, 6.07) is 8.89. The molecular weight excluding hydrogens is 238 g/mol. The van der Waals surface area contributed by atoms with E-state index >= 15 is 0 Å². The molecule has 2 rings (SSSR count). The van der Waals surface area contributed by atoms with E-state index in [1.165, 1.54) is 5.56 Å². The van der Waals surface area contributed by atoms with Gasteiger partial charge in [0.15, 0.2) is 0 Å². The van der Waals surface area contributed by atoms with Crippen LogP contribution in [-0.2, 0) is 11.2 Å². The Morgan fingerprint density at radius 2 is 2.11 bits per heavy atom. The van der Waals surface area contributed by atoms with Gasteiger partial charge in [-0.15, -0.1) is 0 Å². The Kier molecular flexibility index (Phi) is 5.23. The largest absolute Gasteiger partial charge is 0.497 e. The second-order valence-corrected chi connectivity index (χ2v) is 5.54. The summed E-state index contributed by atoms with van der Waals surface area (Å²) in [4.78, 5) is 0. The summed E-state index contributed by atoms with van der Waals surface area (Å²) in [6.45, 7) is 6.38. The Morgan fingerprint density at radius 3 is 2.68 bits per heavy atom. The van der Waals surface area contributed by atoms with Crippen LogP contribution in [0.25, 0.3) is 0 Å². The van der Waals surface area contributed by atoms with E-state index in [-0.39, 0.29) is 0 Å². The van der Waals surface area contributed by atoms with Crippen molar-refractivity contribution in [2.45, 2.75) is 38.8 Å². The molecule has 1 aromatic carbocycles. The summed E-state index contributed by atoms with van der Waals surface area (Å²) >= 11 is 0. The Bertz CT molecular complexity index is 377. The van der Waals surface area contributed by atoms with Gasteiger partial charge in [-0.05, 0) is 49.9 Å². The second-order valence-electron chi connectivity index (χ2n) is 5.54. The molecular formula is C16H25NO2. The first kappa shape index (κ1) is 14.4. The Labute approximate surface area is 116 Å². The van der Waals surface area contributed by atoms with Gasteiger partial charge >= 0.3 is 0 Å². The fraction of sp³-hybridized carbons (Fsp3) is 0.625. The van der Waals surface area contributed by atoms with Crippen molar-refractivity contribution >= 4 is 0 Å². The van der Waals surface area contributed by atoms with E-state index in [4.69, 9.17) is 9.47 Å². The first-order valence-corrected chi connectivity index (χ1v) is 7.17. The average Bonchev–Trinajstić information content (AvgIpc) is 2.83. The van der Waals surface area contributed by atoms with Crippen molar-refractivity contribution in [3.63, 3.8) is 0 Å². The van der Waals surface area contributed by atoms with E-state index in [1.54, 1.807) is 7.11 Å². The van der Waals surface area contributed by atoms with Gasteiger partial charge < -0.3 is 14.8 Å². The molecule has 1 heterocycles. The van der Waals surface area contributed by atoms with Gasteiger partial charge in [0.05, 0.1) is 13.2 Å². The lowest BCUT2D eigenvalue weighted by molar-refractivity contribution is 0.112. The van der Waals surface area contributed by atoms with Crippen LogP contribution in [0, 0.1) is 5.92 Å². The van der Waals surface area contributed by atoms with E-state index in [2.05, 4.69) is 31.3 Å². The molecule has 0 spiro atoms. The Morgan fingerprint density at radius 1 is 1.37 bits per heavy atom. The smallest absolute Gasteiger partial charge is 0.118 e. The average molecular weight is 263 g/mol. The highest BCUT2D eigenvalue weighted by Crippen LogP contribution is 2.16. The minimum absolute atomic E-state index is 0.355. The first-order chi connectivity index (χ1) is 9.19. The molecule has 0 amide bonds. The normalized spacial score (nSPS) is 24.4. The molecule has 0 unspecified atom stereocenters. The molecule has 0 bridgehead atoms. The lowest BCUT2D eigenvalue weighted by atomic mass is 10.0. The summed E-state index contributed by atoms with van der Waals surface area (Å²) in [5.41, 5.74) is 1.37. The molecule has 1 N–H and O–H groups in total. The summed E-state index contributed by atoms with van der Waals surface area (Å²) in [6.07, 6.45) is 2.59. The molecule has 19 heavy (non-hydrogen) atoms. The lowest BCUT2D eigenvalue weighted by Gasteiger charge is -2.19. The number of benzene rings is 1. The number of rotatable bonds is 6. The van der Waals surface area contributed by atoms with Crippen LogP contribution in [0.4, 0.5) is 0 Å². The highest BCUT2D eigenvalue weighted by molar-refractivity contribution is 5.27.